The van der Waals surface area contributed by atoms with Crippen LogP contribution in [0.1, 0.15) is 11.1 Å². The Morgan fingerprint density at radius 1 is 1.15 bits per heavy atom. The van der Waals surface area contributed by atoms with Gasteiger partial charge in [0.05, 0.1) is 7.11 Å². The second kappa shape index (κ2) is 6.53. The maximum Gasteiger partial charge on any atom is 0.141 e. The summed E-state index contributed by atoms with van der Waals surface area (Å²) < 4.78 is 18.8. The molecule has 0 saturated carbocycles. The van der Waals surface area contributed by atoms with Gasteiger partial charge in [-0.05, 0) is 23.8 Å². The van der Waals surface area contributed by atoms with Gasteiger partial charge in [-0.25, -0.2) is 4.39 Å². The molecule has 0 radical (unpaired) electrons. The van der Waals surface area contributed by atoms with Crippen LogP contribution in [0.5, 0.6) is 5.75 Å². The van der Waals surface area contributed by atoms with Crippen molar-refractivity contribution in [3.05, 3.63) is 64.4 Å². The van der Waals surface area contributed by atoms with Crippen molar-refractivity contribution in [1.82, 2.24) is 0 Å². The highest BCUT2D eigenvalue weighted by atomic mass is 35.5. The molecule has 0 aromatic heterocycles. The predicted molar refractivity (Wildman–Crippen MR) is 76.8 cm³/mol. The third kappa shape index (κ3) is 3.58. The van der Waals surface area contributed by atoms with Crippen LogP contribution in [0.15, 0.2) is 42.5 Å². The van der Waals surface area contributed by atoms with Gasteiger partial charge in [-0.1, -0.05) is 35.9 Å². The number of methoxy groups -OCH3 is 1. The van der Waals surface area contributed by atoms with Gasteiger partial charge in [0.2, 0.25) is 0 Å². The maximum absolute atomic E-state index is 13.6. The Morgan fingerprint density at radius 2 is 1.85 bits per heavy atom. The molecule has 2 aromatic rings. The molecule has 0 aliphatic rings. The molecule has 0 N–H and O–H groups in total. The van der Waals surface area contributed by atoms with E-state index in [1.165, 1.54) is 12.1 Å². The van der Waals surface area contributed by atoms with Gasteiger partial charge in [0.25, 0.3) is 0 Å². The first kappa shape index (κ1) is 14.5. The number of ether oxygens (including phenoxy) is 1. The topological polar surface area (TPSA) is 26.3 Å². The van der Waals surface area contributed by atoms with Crippen LogP contribution in [-0.2, 0) is 17.6 Å². The van der Waals surface area contributed by atoms with Crippen molar-refractivity contribution in [3.63, 3.8) is 0 Å². The fourth-order valence-electron chi connectivity index (χ4n) is 2.00. The summed E-state index contributed by atoms with van der Waals surface area (Å²) in [4.78, 5) is 12.0. The van der Waals surface area contributed by atoms with Gasteiger partial charge >= 0.3 is 0 Å². The second-order valence-corrected chi connectivity index (χ2v) is 4.88. The largest absolute Gasteiger partial charge is 0.496 e. The number of carbonyl (C=O) groups is 1. The summed E-state index contributed by atoms with van der Waals surface area (Å²) in [5, 5.41) is 0.323. The molecule has 0 spiro atoms. The lowest BCUT2D eigenvalue weighted by atomic mass is 10.0. The quantitative estimate of drug-likeness (QED) is 0.837. The van der Waals surface area contributed by atoms with Crippen molar-refractivity contribution in [1.29, 1.82) is 0 Å². The van der Waals surface area contributed by atoms with Gasteiger partial charge in [-0.2, -0.15) is 0 Å². The summed E-state index contributed by atoms with van der Waals surface area (Å²) in [5.41, 5.74) is 1.16. The Bertz CT molecular complexity index is 626. The lowest BCUT2D eigenvalue weighted by Crippen LogP contribution is -2.08. The second-order valence-electron chi connectivity index (χ2n) is 4.44. The minimum absolute atomic E-state index is 0.0427. The summed E-state index contributed by atoms with van der Waals surface area (Å²) in [7, 11) is 1.56. The first-order valence-electron chi connectivity index (χ1n) is 6.17. The minimum Gasteiger partial charge on any atom is -0.496 e. The Morgan fingerprint density at radius 3 is 2.55 bits per heavy atom. The average Bonchev–Trinajstić information content (AvgIpc) is 2.42. The van der Waals surface area contributed by atoms with Gasteiger partial charge in [-0.3, -0.25) is 4.79 Å². The van der Waals surface area contributed by atoms with Crippen LogP contribution >= 0.6 is 11.6 Å². The van der Waals surface area contributed by atoms with Crippen molar-refractivity contribution >= 4 is 17.4 Å². The first-order chi connectivity index (χ1) is 9.60. The number of hydrogen-bond donors (Lipinski definition) is 0. The number of carbonyl (C=O) groups excluding carboxylic acids is 1. The van der Waals surface area contributed by atoms with Crippen molar-refractivity contribution in [2.24, 2.45) is 0 Å². The molecule has 20 heavy (non-hydrogen) atoms. The van der Waals surface area contributed by atoms with Crippen molar-refractivity contribution in [2.45, 2.75) is 12.8 Å². The fourth-order valence-corrected chi connectivity index (χ4v) is 2.16. The van der Waals surface area contributed by atoms with Crippen LogP contribution in [0.4, 0.5) is 4.39 Å². The molecule has 0 atom stereocenters. The van der Waals surface area contributed by atoms with E-state index in [2.05, 4.69) is 0 Å². The average molecular weight is 293 g/mol. The highest BCUT2D eigenvalue weighted by Gasteiger charge is 2.12. The highest BCUT2D eigenvalue weighted by molar-refractivity contribution is 6.30. The van der Waals surface area contributed by atoms with Crippen molar-refractivity contribution in [2.75, 3.05) is 7.11 Å². The number of Topliss-reactive ketones (excluding diaryl/α,β-unsaturated/α-hetero) is 1. The Labute approximate surface area is 122 Å². The van der Waals surface area contributed by atoms with Crippen LogP contribution in [0, 0.1) is 5.82 Å². The molecule has 4 heteroatoms. The molecule has 0 heterocycles. The van der Waals surface area contributed by atoms with Gasteiger partial charge in [-0.15, -0.1) is 0 Å². The molecule has 2 aromatic carbocycles. The number of halogens is 2. The van der Waals surface area contributed by atoms with Crippen LogP contribution in [0.25, 0.3) is 0 Å². The van der Waals surface area contributed by atoms with E-state index in [1.807, 2.05) is 18.2 Å². The number of para-hydroxylation sites is 1. The standard InChI is InChI=1S/C16H14ClFO2/c1-20-16-5-3-2-4-12(16)9-14(19)8-11-6-7-13(17)10-15(11)18/h2-7,10H,8-9H2,1H3. The molecule has 0 aliphatic heterocycles. The molecule has 104 valence electrons. The number of hydrogen-bond acceptors (Lipinski definition) is 2. The fraction of sp³-hybridized carbons (Fsp3) is 0.188. The van der Waals surface area contributed by atoms with E-state index in [0.717, 1.165) is 5.56 Å². The Hall–Kier alpha value is -1.87. The SMILES string of the molecule is COc1ccccc1CC(=O)Cc1ccc(Cl)cc1F. The lowest BCUT2D eigenvalue weighted by Gasteiger charge is -2.08. The van der Waals surface area contributed by atoms with Crippen molar-refractivity contribution in [3.8, 4) is 5.75 Å². The summed E-state index contributed by atoms with van der Waals surface area (Å²) in [5.74, 6) is 0.138. The summed E-state index contributed by atoms with van der Waals surface area (Å²) in [6.45, 7) is 0. The van der Waals surface area contributed by atoms with E-state index in [-0.39, 0.29) is 18.6 Å². The number of ketones is 1. The number of rotatable bonds is 5. The van der Waals surface area contributed by atoms with E-state index in [1.54, 1.807) is 19.2 Å². The third-order valence-corrected chi connectivity index (χ3v) is 3.22. The maximum atomic E-state index is 13.6. The smallest absolute Gasteiger partial charge is 0.141 e. The predicted octanol–water partition coefficient (Wildman–Crippen LogP) is 3.84. The van der Waals surface area contributed by atoms with E-state index < -0.39 is 5.82 Å². The van der Waals surface area contributed by atoms with E-state index in [4.69, 9.17) is 16.3 Å². The molecule has 0 aliphatic carbocycles. The normalized spacial score (nSPS) is 10.3. The lowest BCUT2D eigenvalue weighted by molar-refractivity contribution is -0.117. The zero-order chi connectivity index (χ0) is 14.5. The molecular formula is C16H14ClFO2. The molecule has 0 fully saturated rings. The number of benzene rings is 2. The molecular weight excluding hydrogens is 279 g/mol. The van der Waals surface area contributed by atoms with E-state index in [0.29, 0.717) is 16.3 Å². The summed E-state index contributed by atoms with van der Waals surface area (Å²) in [6, 6.07) is 11.6. The zero-order valence-corrected chi connectivity index (χ0v) is 11.8. The highest BCUT2D eigenvalue weighted by Crippen LogP contribution is 2.20. The molecule has 0 unspecified atom stereocenters. The van der Waals surface area contributed by atoms with Crippen molar-refractivity contribution < 1.29 is 13.9 Å². The monoisotopic (exact) mass is 292 g/mol. The van der Waals surface area contributed by atoms with Gasteiger partial charge < -0.3 is 4.74 Å². The van der Waals surface area contributed by atoms with E-state index >= 15 is 0 Å². The zero-order valence-electron chi connectivity index (χ0n) is 11.0. The summed E-state index contributed by atoms with van der Waals surface area (Å²) >= 11 is 5.68. The van der Waals surface area contributed by atoms with Crippen LogP contribution in [-0.4, -0.2) is 12.9 Å². The van der Waals surface area contributed by atoms with Crippen LogP contribution in [0.2, 0.25) is 5.02 Å². The molecule has 0 bridgehead atoms. The van der Waals surface area contributed by atoms with Crippen LogP contribution in [0.3, 0.4) is 0 Å². The Balaban J connectivity index is 2.09. The molecule has 2 nitrogen and oxygen atoms in total. The van der Waals surface area contributed by atoms with Gasteiger partial charge in [0.15, 0.2) is 0 Å². The third-order valence-electron chi connectivity index (χ3n) is 2.98. The van der Waals surface area contributed by atoms with Gasteiger partial charge in [0, 0.05) is 23.4 Å². The molecule has 0 saturated heterocycles. The first-order valence-corrected chi connectivity index (χ1v) is 6.55. The van der Waals surface area contributed by atoms with E-state index in [9.17, 15) is 9.18 Å². The van der Waals surface area contributed by atoms with Gasteiger partial charge in [0.1, 0.15) is 17.3 Å². The summed E-state index contributed by atoms with van der Waals surface area (Å²) in [6.07, 6.45) is 0.257. The van der Waals surface area contributed by atoms with Crippen LogP contribution < -0.4 is 4.74 Å². The Kier molecular flexibility index (Phi) is 4.74. The minimum atomic E-state index is -0.453. The molecule has 2 rings (SSSR count). The molecule has 0 amide bonds.